The molecule has 24 heavy (non-hydrogen) atoms. The number of ether oxygens (including phenoxy) is 2. The third kappa shape index (κ3) is 5.61. The predicted molar refractivity (Wildman–Crippen MR) is 97.0 cm³/mol. The average Bonchev–Trinajstić information content (AvgIpc) is 2.55. The Kier molecular flexibility index (Phi) is 6.67. The lowest BCUT2D eigenvalue weighted by molar-refractivity contribution is 0.102. The Balaban J connectivity index is 2.03. The van der Waals surface area contributed by atoms with Crippen LogP contribution in [0.3, 0.4) is 0 Å². The van der Waals surface area contributed by atoms with E-state index in [0.29, 0.717) is 23.6 Å². The minimum Gasteiger partial charge on any atom is -0.494 e. The van der Waals surface area contributed by atoms with Gasteiger partial charge in [-0.1, -0.05) is 25.5 Å². The molecule has 0 aliphatic carbocycles. The van der Waals surface area contributed by atoms with Crippen molar-refractivity contribution in [3.05, 3.63) is 54.1 Å². The SMILES string of the molecule is CCCCOc1cccc(C(=O)Nc2cccc(OC(C)C)c2)c1. The minimum absolute atomic E-state index is 0.0907. The van der Waals surface area contributed by atoms with Crippen molar-refractivity contribution < 1.29 is 14.3 Å². The molecule has 1 N–H and O–H groups in total. The number of carbonyl (C=O) groups is 1. The van der Waals surface area contributed by atoms with E-state index in [1.165, 1.54) is 0 Å². The molecule has 0 aromatic heterocycles. The highest BCUT2D eigenvalue weighted by molar-refractivity contribution is 6.04. The van der Waals surface area contributed by atoms with Gasteiger partial charge in [0.05, 0.1) is 12.7 Å². The van der Waals surface area contributed by atoms with E-state index in [9.17, 15) is 4.79 Å². The molecular weight excluding hydrogens is 302 g/mol. The zero-order valence-corrected chi connectivity index (χ0v) is 14.5. The summed E-state index contributed by atoms with van der Waals surface area (Å²) in [5.41, 5.74) is 1.27. The van der Waals surface area contributed by atoms with Gasteiger partial charge in [-0.2, -0.15) is 0 Å². The van der Waals surface area contributed by atoms with Crippen LogP contribution < -0.4 is 14.8 Å². The largest absolute Gasteiger partial charge is 0.494 e. The van der Waals surface area contributed by atoms with Crippen LogP contribution in [0.25, 0.3) is 0 Å². The maximum atomic E-state index is 12.4. The van der Waals surface area contributed by atoms with E-state index < -0.39 is 0 Å². The molecule has 0 spiro atoms. The molecule has 0 saturated carbocycles. The molecule has 0 radical (unpaired) electrons. The Morgan fingerprint density at radius 3 is 2.58 bits per heavy atom. The Labute approximate surface area is 143 Å². The lowest BCUT2D eigenvalue weighted by atomic mass is 10.2. The van der Waals surface area contributed by atoms with E-state index in [4.69, 9.17) is 9.47 Å². The number of hydrogen-bond donors (Lipinski definition) is 1. The molecule has 1 amide bonds. The van der Waals surface area contributed by atoms with Crippen LogP contribution in [0.15, 0.2) is 48.5 Å². The summed E-state index contributed by atoms with van der Waals surface area (Å²) in [6, 6.07) is 14.6. The molecule has 0 fully saturated rings. The summed E-state index contributed by atoms with van der Waals surface area (Å²) in [6.07, 6.45) is 2.17. The van der Waals surface area contributed by atoms with Crippen molar-refractivity contribution in [3.63, 3.8) is 0 Å². The summed E-state index contributed by atoms with van der Waals surface area (Å²) >= 11 is 0. The van der Waals surface area contributed by atoms with E-state index in [1.54, 1.807) is 12.1 Å². The Hall–Kier alpha value is -2.49. The Morgan fingerprint density at radius 1 is 1.08 bits per heavy atom. The standard InChI is InChI=1S/C20H25NO3/c1-4-5-12-23-18-10-6-8-16(13-18)20(22)21-17-9-7-11-19(14-17)24-15(2)3/h6-11,13-15H,4-5,12H2,1-3H3,(H,21,22). The van der Waals surface area contributed by atoms with Crippen LogP contribution in [0.5, 0.6) is 11.5 Å². The molecule has 0 unspecified atom stereocenters. The first-order chi connectivity index (χ1) is 11.6. The number of carbonyl (C=O) groups excluding carboxylic acids is 1. The van der Waals surface area contributed by atoms with E-state index in [2.05, 4.69) is 12.2 Å². The smallest absolute Gasteiger partial charge is 0.255 e. The molecule has 0 aliphatic rings. The van der Waals surface area contributed by atoms with E-state index >= 15 is 0 Å². The van der Waals surface area contributed by atoms with Gasteiger partial charge in [-0.25, -0.2) is 0 Å². The second-order valence-electron chi connectivity index (χ2n) is 5.88. The minimum atomic E-state index is -0.169. The van der Waals surface area contributed by atoms with Gasteiger partial charge in [0.1, 0.15) is 11.5 Å². The molecule has 2 rings (SSSR count). The van der Waals surface area contributed by atoms with Gasteiger partial charge in [0.2, 0.25) is 0 Å². The van der Waals surface area contributed by atoms with Crippen molar-refractivity contribution in [2.45, 2.75) is 39.7 Å². The normalized spacial score (nSPS) is 10.5. The third-order valence-corrected chi connectivity index (χ3v) is 3.33. The molecular formula is C20H25NO3. The van der Waals surface area contributed by atoms with Crippen LogP contribution in [0.2, 0.25) is 0 Å². The van der Waals surface area contributed by atoms with Crippen molar-refractivity contribution in [1.82, 2.24) is 0 Å². The number of hydrogen-bond acceptors (Lipinski definition) is 3. The summed E-state index contributed by atoms with van der Waals surface area (Å²) < 4.78 is 11.3. The van der Waals surface area contributed by atoms with Crippen molar-refractivity contribution in [2.24, 2.45) is 0 Å². The summed E-state index contributed by atoms with van der Waals surface area (Å²) in [5, 5.41) is 2.89. The second kappa shape index (κ2) is 8.96. The highest BCUT2D eigenvalue weighted by atomic mass is 16.5. The van der Waals surface area contributed by atoms with E-state index in [0.717, 1.165) is 18.6 Å². The number of unbranched alkanes of at least 4 members (excludes halogenated alkanes) is 1. The molecule has 128 valence electrons. The van der Waals surface area contributed by atoms with Gasteiger partial charge in [0.25, 0.3) is 5.91 Å². The van der Waals surface area contributed by atoms with Gasteiger partial charge in [-0.05, 0) is 50.6 Å². The van der Waals surface area contributed by atoms with Gasteiger partial charge in [-0.3, -0.25) is 4.79 Å². The fourth-order valence-corrected chi connectivity index (χ4v) is 2.18. The summed E-state index contributed by atoms with van der Waals surface area (Å²) in [7, 11) is 0. The van der Waals surface area contributed by atoms with Crippen LogP contribution in [0, 0.1) is 0 Å². The zero-order valence-electron chi connectivity index (χ0n) is 14.5. The number of benzene rings is 2. The first-order valence-electron chi connectivity index (χ1n) is 8.39. The Bertz CT molecular complexity index is 667. The van der Waals surface area contributed by atoms with Gasteiger partial charge >= 0.3 is 0 Å². The molecule has 0 atom stereocenters. The highest BCUT2D eigenvalue weighted by Gasteiger charge is 2.08. The summed E-state index contributed by atoms with van der Waals surface area (Å²) in [4.78, 5) is 12.4. The maximum absolute atomic E-state index is 12.4. The number of rotatable bonds is 8. The first kappa shape index (κ1) is 17.9. The average molecular weight is 327 g/mol. The van der Waals surface area contributed by atoms with Crippen LogP contribution >= 0.6 is 0 Å². The lowest BCUT2D eigenvalue weighted by Gasteiger charge is -2.12. The number of amides is 1. The molecule has 4 heteroatoms. The zero-order chi connectivity index (χ0) is 17.4. The summed E-state index contributed by atoms with van der Waals surface area (Å²) in [6.45, 7) is 6.71. The fourth-order valence-electron chi connectivity index (χ4n) is 2.18. The van der Waals surface area contributed by atoms with Gasteiger partial charge in [0, 0.05) is 17.3 Å². The van der Waals surface area contributed by atoms with E-state index in [1.807, 2.05) is 50.2 Å². The summed E-state index contributed by atoms with van der Waals surface area (Å²) in [5.74, 6) is 1.28. The Morgan fingerprint density at radius 2 is 1.83 bits per heavy atom. The van der Waals surface area contributed by atoms with Crippen LogP contribution in [-0.2, 0) is 0 Å². The van der Waals surface area contributed by atoms with Gasteiger partial charge in [0.15, 0.2) is 0 Å². The predicted octanol–water partition coefficient (Wildman–Crippen LogP) is 4.91. The number of nitrogens with one attached hydrogen (secondary N) is 1. The van der Waals surface area contributed by atoms with E-state index in [-0.39, 0.29) is 12.0 Å². The molecule has 0 heterocycles. The second-order valence-corrected chi connectivity index (χ2v) is 5.88. The molecule has 2 aromatic carbocycles. The quantitative estimate of drug-likeness (QED) is 0.701. The number of anilines is 1. The van der Waals surface area contributed by atoms with Crippen molar-refractivity contribution in [2.75, 3.05) is 11.9 Å². The fraction of sp³-hybridized carbons (Fsp3) is 0.350. The monoisotopic (exact) mass is 327 g/mol. The molecule has 0 aliphatic heterocycles. The first-order valence-corrected chi connectivity index (χ1v) is 8.39. The van der Waals surface area contributed by atoms with Crippen LogP contribution in [0.4, 0.5) is 5.69 Å². The molecule has 0 saturated heterocycles. The third-order valence-electron chi connectivity index (χ3n) is 3.33. The van der Waals surface area contributed by atoms with Crippen LogP contribution in [0.1, 0.15) is 44.0 Å². The van der Waals surface area contributed by atoms with Crippen molar-refractivity contribution in [1.29, 1.82) is 0 Å². The molecule has 0 bridgehead atoms. The van der Waals surface area contributed by atoms with Crippen molar-refractivity contribution >= 4 is 11.6 Å². The van der Waals surface area contributed by atoms with Gasteiger partial charge in [-0.15, -0.1) is 0 Å². The van der Waals surface area contributed by atoms with Gasteiger partial charge < -0.3 is 14.8 Å². The maximum Gasteiger partial charge on any atom is 0.255 e. The molecule has 2 aromatic rings. The topological polar surface area (TPSA) is 47.6 Å². The lowest BCUT2D eigenvalue weighted by Crippen LogP contribution is -2.12. The highest BCUT2D eigenvalue weighted by Crippen LogP contribution is 2.20. The van der Waals surface area contributed by atoms with Crippen LogP contribution in [-0.4, -0.2) is 18.6 Å². The van der Waals surface area contributed by atoms with Crippen molar-refractivity contribution in [3.8, 4) is 11.5 Å². The molecule has 4 nitrogen and oxygen atoms in total.